The fraction of sp³-hybridized carbons (Fsp3) is 0.160. The standard InChI is InChI=1S/C25H25N5O6/c1-15-7-8-18(11-16(15)2)29-23(32)22(31)26-13-20-9-10-21(36-20)14-27-30-25(34)24(33)28-17-5-4-6-19(12-17)35-3/h4-12,14H,13H2,1-3H3,(H,26,31)(H,28,33)(H,29,32)(H,30,34)/b27-14+. The van der Waals surface area contributed by atoms with E-state index in [-0.39, 0.29) is 12.3 Å². The van der Waals surface area contributed by atoms with E-state index in [1.165, 1.54) is 13.3 Å². The third kappa shape index (κ3) is 7.29. The summed E-state index contributed by atoms with van der Waals surface area (Å²) in [5, 5.41) is 11.1. The van der Waals surface area contributed by atoms with Crippen LogP contribution < -0.4 is 26.1 Å². The zero-order valence-corrected chi connectivity index (χ0v) is 19.9. The number of methoxy groups -OCH3 is 1. The topological polar surface area (TPSA) is 151 Å². The Morgan fingerprint density at radius 1 is 0.861 bits per heavy atom. The van der Waals surface area contributed by atoms with Gasteiger partial charge in [0, 0.05) is 17.4 Å². The summed E-state index contributed by atoms with van der Waals surface area (Å²) < 4.78 is 10.5. The summed E-state index contributed by atoms with van der Waals surface area (Å²) >= 11 is 0. The highest BCUT2D eigenvalue weighted by molar-refractivity contribution is 6.40. The summed E-state index contributed by atoms with van der Waals surface area (Å²) in [7, 11) is 1.49. The van der Waals surface area contributed by atoms with Crippen molar-refractivity contribution >= 4 is 41.2 Å². The number of hydrogen-bond acceptors (Lipinski definition) is 7. The van der Waals surface area contributed by atoms with Gasteiger partial charge in [0.2, 0.25) is 0 Å². The number of hydrogen-bond donors (Lipinski definition) is 4. The number of hydrazone groups is 1. The summed E-state index contributed by atoms with van der Waals surface area (Å²) in [5.74, 6) is -2.39. The molecule has 0 fully saturated rings. The van der Waals surface area contributed by atoms with Gasteiger partial charge in [-0.25, -0.2) is 5.43 Å². The molecule has 4 amide bonds. The number of ether oxygens (including phenoxy) is 1. The van der Waals surface area contributed by atoms with E-state index in [0.717, 1.165) is 11.1 Å². The molecule has 1 aromatic heterocycles. The molecular weight excluding hydrogens is 466 g/mol. The van der Waals surface area contributed by atoms with Crippen molar-refractivity contribution in [3.8, 4) is 5.75 Å². The van der Waals surface area contributed by atoms with Gasteiger partial charge in [-0.3, -0.25) is 19.2 Å². The van der Waals surface area contributed by atoms with E-state index in [4.69, 9.17) is 9.15 Å². The van der Waals surface area contributed by atoms with Crippen LogP contribution >= 0.6 is 0 Å². The second kappa shape index (κ2) is 12.0. The molecular formula is C25H25N5O6. The number of carbonyl (C=O) groups excluding carboxylic acids is 4. The van der Waals surface area contributed by atoms with E-state index in [1.807, 2.05) is 19.9 Å². The first kappa shape index (κ1) is 25.7. The van der Waals surface area contributed by atoms with Crippen molar-refractivity contribution < 1.29 is 28.3 Å². The Labute approximate surface area is 206 Å². The average molecular weight is 492 g/mol. The molecule has 0 bridgehead atoms. The zero-order chi connectivity index (χ0) is 26.1. The highest BCUT2D eigenvalue weighted by Crippen LogP contribution is 2.16. The van der Waals surface area contributed by atoms with Gasteiger partial charge >= 0.3 is 23.6 Å². The van der Waals surface area contributed by atoms with E-state index in [2.05, 4.69) is 26.5 Å². The molecule has 36 heavy (non-hydrogen) atoms. The Morgan fingerprint density at radius 2 is 1.58 bits per heavy atom. The zero-order valence-electron chi connectivity index (χ0n) is 19.9. The quantitative estimate of drug-likeness (QED) is 0.226. The number of benzene rings is 2. The van der Waals surface area contributed by atoms with Gasteiger partial charge in [-0.2, -0.15) is 5.10 Å². The maximum Gasteiger partial charge on any atom is 0.329 e. The third-order valence-electron chi connectivity index (χ3n) is 4.97. The molecule has 0 radical (unpaired) electrons. The molecule has 0 atom stereocenters. The second-order valence-corrected chi connectivity index (χ2v) is 7.63. The first-order valence-electron chi connectivity index (χ1n) is 10.8. The van der Waals surface area contributed by atoms with Crippen LogP contribution in [-0.4, -0.2) is 37.0 Å². The molecule has 11 nitrogen and oxygen atoms in total. The lowest BCUT2D eigenvalue weighted by atomic mass is 10.1. The lowest BCUT2D eigenvalue weighted by Crippen LogP contribution is -2.34. The Balaban J connectivity index is 1.44. The van der Waals surface area contributed by atoms with E-state index < -0.39 is 23.6 Å². The molecule has 0 aliphatic rings. The maximum absolute atomic E-state index is 12.1. The van der Waals surface area contributed by atoms with Crippen LogP contribution in [0.2, 0.25) is 0 Å². The van der Waals surface area contributed by atoms with Gasteiger partial charge < -0.3 is 25.1 Å². The molecule has 0 aliphatic carbocycles. The van der Waals surface area contributed by atoms with Crippen LogP contribution in [0.4, 0.5) is 11.4 Å². The van der Waals surface area contributed by atoms with Gasteiger partial charge in [0.1, 0.15) is 17.3 Å². The number of aryl methyl sites for hydroxylation is 2. The van der Waals surface area contributed by atoms with Crippen molar-refractivity contribution in [2.75, 3.05) is 17.7 Å². The molecule has 3 rings (SSSR count). The van der Waals surface area contributed by atoms with E-state index >= 15 is 0 Å². The van der Waals surface area contributed by atoms with Crippen molar-refractivity contribution in [1.29, 1.82) is 0 Å². The number of carbonyl (C=O) groups is 4. The number of rotatable bonds is 7. The van der Waals surface area contributed by atoms with Gasteiger partial charge in [0.25, 0.3) is 0 Å². The number of amides is 4. The SMILES string of the molecule is COc1cccc(NC(=O)C(=O)N/N=C/c2ccc(CNC(=O)C(=O)Nc3ccc(C)c(C)c3)o2)c1. The minimum atomic E-state index is -0.983. The molecule has 4 N–H and O–H groups in total. The van der Waals surface area contributed by atoms with Crippen LogP contribution in [-0.2, 0) is 25.7 Å². The van der Waals surface area contributed by atoms with E-state index in [0.29, 0.717) is 22.9 Å². The van der Waals surface area contributed by atoms with Gasteiger partial charge in [-0.15, -0.1) is 0 Å². The Morgan fingerprint density at radius 3 is 2.31 bits per heavy atom. The summed E-state index contributed by atoms with van der Waals surface area (Å²) in [4.78, 5) is 48.1. The van der Waals surface area contributed by atoms with Crippen LogP contribution in [0.1, 0.15) is 22.6 Å². The van der Waals surface area contributed by atoms with Crippen LogP contribution in [0.3, 0.4) is 0 Å². The van der Waals surface area contributed by atoms with Crippen molar-refractivity contribution in [3.63, 3.8) is 0 Å². The molecule has 0 aliphatic heterocycles. The summed E-state index contributed by atoms with van der Waals surface area (Å²) in [6, 6.07) is 15.0. The predicted molar refractivity (Wildman–Crippen MR) is 132 cm³/mol. The number of furan rings is 1. The maximum atomic E-state index is 12.1. The Bertz CT molecular complexity index is 1310. The first-order chi connectivity index (χ1) is 17.2. The first-order valence-corrected chi connectivity index (χ1v) is 10.8. The minimum Gasteiger partial charge on any atom is -0.497 e. The lowest BCUT2D eigenvalue weighted by Gasteiger charge is -2.07. The molecule has 0 saturated heterocycles. The van der Waals surface area contributed by atoms with Crippen molar-refractivity contribution in [2.24, 2.45) is 5.10 Å². The van der Waals surface area contributed by atoms with Crippen molar-refractivity contribution in [1.82, 2.24) is 10.7 Å². The third-order valence-corrected chi connectivity index (χ3v) is 4.97. The van der Waals surface area contributed by atoms with Crippen LogP contribution in [0, 0.1) is 13.8 Å². The number of anilines is 2. The molecule has 11 heteroatoms. The fourth-order valence-corrected chi connectivity index (χ4v) is 2.91. The fourth-order valence-electron chi connectivity index (χ4n) is 2.91. The summed E-state index contributed by atoms with van der Waals surface area (Å²) in [5.41, 5.74) is 5.07. The monoisotopic (exact) mass is 491 g/mol. The van der Waals surface area contributed by atoms with Crippen molar-refractivity contribution in [2.45, 2.75) is 20.4 Å². The van der Waals surface area contributed by atoms with Gasteiger partial charge in [-0.05, 0) is 61.4 Å². The average Bonchev–Trinajstić information content (AvgIpc) is 3.32. The van der Waals surface area contributed by atoms with Crippen LogP contribution in [0.25, 0.3) is 0 Å². The molecule has 3 aromatic rings. The Kier molecular flexibility index (Phi) is 8.54. The van der Waals surface area contributed by atoms with Gasteiger partial charge in [0.15, 0.2) is 0 Å². The smallest absolute Gasteiger partial charge is 0.329 e. The van der Waals surface area contributed by atoms with Crippen molar-refractivity contribution in [3.05, 3.63) is 77.2 Å². The largest absolute Gasteiger partial charge is 0.497 e. The van der Waals surface area contributed by atoms with E-state index in [9.17, 15) is 19.2 Å². The number of nitrogens with one attached hydrogen (secondary N) is 4. The lowest BCUT2D eigenvalue weighted by molar-refractivity contribution is -0.136. The Hall–Kier alpha value is -4.93. The molecule has 2 aromatic carbocycles. The van der Waals surface area contributed by atoms with Gasteiger partial charge in [-0.1, -0.05) is 12.1 Å². The van der Waals surface area contributed by atoms with Crippen LogP contribution in [0.5, 0.6) is 5.75 Å². The molecule has 1 heterocycles. The predicted octanol–water partition coefficient (Wildman–Crippen LogP) is 2.25. The molecule has 0 spiro atoms. The normalized spacial score (nSPS) is 10.5. The minimum absolute atomic E-state index is 0.0394. The van der Waals surface area contributed by atoms with E-state index in [1.54, 1.807) is 48.5 Å². The molecule has 0 unspecified atom stereocenters. The molecule has 186 valence electrons. The summed E-state index contributed by atoms with van der Waals surface area (Å²) in [6.45, 7) is 3.82. The van der Waals surface area contributed by atoms with Crippen LogP contribution in [0.15, 0.2) is 64.1 Å². The highest BCUT2D eigenvalue weighted by Gasteiger charge is 2.15. The summed E-state index contributed by atoms with van der Waals surface area (Å²) in [6.07, 6.45) is 1.19. The highest BCUT2D eigenvalue weighted by atomic mass is 16.5. The van der Waals surface area contributed by atoms with Gasteiger partial charge in [0.05, 0.1) is 19.9 Å². The molecule has 0 saturated carbocycles. The second-order valence-electron chi connectivity index (χ2n) is 7.63. The number of nitrogens with zero attached hydrogens (tertiary/aromatic N) is 1.